The van der Waals surface area contributed by atoms with E-state index in [9.17, 15) is 4.79 Å². The van der Waals surface area contributed by atoms with Gasteiger partial charge in [0.05, 0.1) is 17.4 Å². The van der Waals surface area contributed by atoms with Crippen LogP contribution in [0.15, 0.2) is 36.7 Å². The molecule has 1 aliphatic heterocycles. The number of rotatable bonds is 3. The molecule has 1 aliphatic rings. The van der Waals surface area contributed by atoms with Crippen molar-refractivity contribution in [3.8, 4) is 0 Å². The van der Waals surface area contributed by atoms with Gasteiger partial charge in [0, 0.05) is 24.5 Å². The third kappa shape index (κ3) is 2.94. The Morgan fingerprint density at radius 2 is 2.25 bits per heavy atom. The molecular formula is C18H20N4OS. The molecule has 0 saturated carbocycles. The zero-order valence-corrected chi connectivity index (χ0v) is 14.5. The van der Waals surface area contributed by atoms with Gasteiger partial charge in [0.2, 0.25) is 0 Å². The molecule has 2 aromatic heterocycles. The molecule has 0 unspecified atom stereocenters. The van der Waals surface area contributed by atoms with Crippen LogP contribution < -0.4 is 0 Å². The summed E-state index contributed by atoms with van der Waals surface area (Å²) in [4.78, 5) is 20.1. The lowest BCUT2D eigenvalue weighted by Crippen LogP contribution is -2.41. The summed E-state index contributed by atoms with van der Waals surface area (Å²) in [5, 5.41) is 0. The third-order valence-corrected chi connectivity index (χ3v) is 5.33. The number of imidazole rings is 1. The van der Waals surface area contributed by atoms with E-state index < -0.39 is 0 Å². The summed E-state index contributed by atoms with van der Waals surface area (Å²) < 4.78 is 6.48. The van der Waals surface area contributed by atoms with Crippen LogP contribution in [0.3, 0.4) is 0 Å². The van der Waals surface area contributed by atoms with Gasteiger partial charge < -0.3 is 9.47 Å². The summed E-state index contributed by atoms with van der Waals surface area (Å²) >= 11 is 1.39. The molecular weight excluding hydrogens is 320 g/mol. The van der Waals surface area contributed by atoms with Crippen LogP contribution in [-0.2, 0) is 6.54 Å². The second-order valence-corrected chi connectivity index (χ2v) is 7.48. The van der Waals surface area contributed by atoms with Crippen molar-refractivity contribution in [2.75, 3.05) is 13.1 Å². The molecule has 1 fully saturated rings. The number of hydrogen-bond acceptors (Lipinski definition) is 4. The summed E-state index contributed by atoms with van der Waals surface area (Å²) in [6.07, 6.45) is 4.10. The Morgan fingerprint density at radius 3 is 3.08 bits per heavy atom. The maximum absolute atomic E-state index is 12.6. The molecule has 0 spiro atoms. The van der Waals surface area contributed by atoms with Gasteiger partial charge in [0.15, 0.2) is 0 Å². The number of hydrogen-bond donors (Lipinski definition) is 0. The normalized spacial score (nSPS) is 18.2. The summed E-state index contributed by atoms with van der Waals surface area (Å²) in [5.41, 5.74) is 2.78. The van der Waals surface area contributed by atoms with Crippen LogP contribution in [0, 0.1) is 12.8 Å². The van der Waals surface area contributed by atoms with Gasteiger partial charge in [-0.2, -0.15) is 4.37 Å². The van der Waals surface area contributed by atoms with Crippen molar-refractivity contribution in [1.29, 1.82) is 0 Å². The van der Waals surface area contributed by atoms with Crippen LogP contribution in [0.25, 0.3) is 11.0 Å². The second kappa shape index (κ2) is 6.36. The van der Waals surface area contributed by atoms with Crippen molar-refractivity contribution in [3.63, 3.8) is 0 Å². The Kier molecular flexibility index (Phi) is 4.06. The summed E-state index contributed by atoms with van der Waals surface area (Å²) in [7, 11) is 0. The number of likely N-dealkylation sites (tertiary alicyclic amines) is 1. The van der Waals surface area contributed by atoms with Crippen molar-refractivity contribution >= 4 is 28.5 Å². The fraction of sp³-hybridized carbons (Fsp3) is 0.389. The topological polar surface area (TPSA) is 51.0 Å². The van der Waals surface area contributed by atoms with Crippen molar-refractivity contribution in [2.24, 2.45) is 5.92 Å². The maximum Gasteiger partial charge on any atom is 0.273 e. The maximum atomic E-state index is 12.6. The quantitative estimate of drug-likeness (QED) is 0.735. The number of para-hydroxylation sites is 2. The monoisotopic (exact) mass is 340 g/mol. The van der Waals surface area contributed by atoms with Crippen molar-refractivity contribution < 1.29 is 4.79 Å². The van der Waals surface area contributed by atoms with E-state index >= 15 is 0 Å². The fourth-order valence-electron chi connectivity index (χ4n) is 3.46. The van der Waals surface area contributed by atoms with Crippen molar-refractivity contribution in [3.05, 3.63) is 47.2 Å². The molecule has 0 aliphatic carbocycles. The highest BCUT2D eigenvalue weighted by atomic mass is 32.1. The third-order valence-electron chi connectivity index (χ3n) is 4.64. The first-order valence-corrected chi connectivity index (χ1v) is 9.10. The zero-order valence-electron chi connectivity index (χ0n) is 13.7. The minimum absolute atomic E-state index is 0.0690. The zero-order chi connectivity index (χ0) is 16.5. The number of aryl methyl sites for hydroxylation is 1. The molecule has 1 saturated heterocycles. The molecule has 5 nitrogen and oxygen atoms in total. The number of benzene rings is 1. The van der Waals surface area contributed by atoms with Gasteiger partial charge in [-0.05, 0) is 55.4 Å². The predicted molar refractivity (Wildman–Crippen MR) is 95.2 cm³/mol. The summed E-state index contributed by atoms with van der Waals surface area (Å²) in [6.45, 7) is 4.51. The lowest BCUT2D eigenvalue weighted by atomic mass is 9.97. The van der Waals surface area contributed by atoms with E-state index in [1.54, 1.807) is 0 Å². The van der Waals surface area contributed by atoms with Crippen LogP contribution >= 0.6 is 11.5 Å². The largest absolute Gasteiger partial charge is 0.337 e. The Bertz CT molecular complexity index is 869. The minimum Gasteiger partial charge on any atom is -0.337 e. The van der Waals surface area contributed by atoms with E-state index in [1.165, 1.54) is 11.5 Å². The molecule has 1 atom stereocenters. The summed E-state index contributed by atoms with van der Waals surface area (Å²) in [6, 6.07) is 10.1. The molecule has 0 radical (unpaired) electrons. The van der Waals surface area contributed by atoms with Gasteiger partial charge in [0.25, 0.3) is 5.91 Å². The van der Waals surface area contributed by atoms with Crippen molar-refractivity contribution in [1.82, 2.24) is 18.8 Å². The number of amides is 1. The van der Waals surface area contributed by atoms with Gasteiger partial charge >= 0.3 is 0 Å². The van der Waals surface area contributed by atoms with Gasteiger partial charge in [-0.15, -0.1) is 0 Å². The van der Waals surface area contributed by atoms with Gasteiger partial charge in [-0.3, -0.25) is 4.79 Å². The molecule has 6 heteroatoms. The van der Waals surface area contributed by atoms with Crippen LogP contribution in [0.2, 0.25) is 0 Å². The van der Waals surface area contributed by atoms with E-state index in [4.69, 9.17) is 0 Å². The SMILES string of the molecule is Cc1cc(C(=O)N2CCC[C@H](Cn3cnc4ccccc43)C2)ns1. The number of piperidine rings is 1. The van der Waals surface area contributed by atoms with E-state index in [0.717, 1.165) is 48.4 Å². The summed E-state index contributed by atoms with van der Waals surface area (Å²) in [5.74, 6) is 0.527. The van der Waals surface area contributed by atoms with E-state index in [2.05, 4.69) is 20.0 Å². The predicted octanol–water partition coefficient (Wildman–Crippen LogP) is 3.35. The molecule has 124 valence electrons. The Hall–Kier alpha value is -2.21. The van der Waals surface area contributed by atoms with Crippen LogP contribution in [0.4, 0.5) is 0 Å². The average molecular weight is 340 g/mol. The number of nitrogens with zero attached hydrogens (tertiary/aromatic N) is 4. The van der Waals surface area contributed by atoms with Crippen molar-refractivity contribution in [2.45, 2.75) is 26.3 Å². The smallest absolute Gasteiger partial charge is 0.273 e. The fourth-order valence-corrected chi connectivity index (χ4v) is 4.00. The van der Waals surface area contributed by atoms with Crippen LogP contribution in [0.5, 0.6) is 0 Å². The highest BCUT2D eigenvalue weighted by molar-refractivity contribution is 7.05. The Balaban J connectivity index is 1.48. The van der Waals surface area contributed by atoms with Crippen LogP contribution in [0.1, 0.15) is 28.2 Å². The number of carbonyl (C=O) groups is 1. The minimum atomic E-state index is 0.0690. The Morgan fingerprint density at radius 1 is 1.38 bits per heavy atom. The first kappa shape index (κ1) is 15.3. The standard InChI is InChI=1S/C18H20N4OS/c1-13-9-16(20-24-13)18(23)21-8-4-5-14(10-21)11-22-12-19-15-6-2-3-7-17(15)22/h2-3,6-7,9,12,14H,4-5,8,10-11H2,1H3/t14-/m0/s1. The molecule has 0 N–H and O–H groups in total. The Labute approximate surface area is 145 Å². The van der Waals surface area contributed by atoms with Crippen LogP contribution in [-0.4, -0.2) is 37.8 Å². The lowest BCUT2D eigenvalue weighted by molar-refractivity contribution is 0.0658. The lowest BCUT2D eigenvalue weighted by Gasteiger charge is -2.32. The van der Waals surface area contributed by atoms with E-state index in [1.807, 2.05) is 42.4 Å². The molecule has 3 heterocycles. The molecule has 1 aromatic carbocycles. The first-order chi connectivity index (χ1) is 11.7. The molecule has 0 bridgehead atoms. The average Bonchev–Trinajstić information content (AvgIpc) is 3.21. The molecule has 4 rings (SSSR count). The first-order valence-electron chi connectivity index (χ1n) is 8.33. The molecule has 1 amide bonds. The van der Waals surface area contributed by atoms with E-state index in [0.29, 0.717) is 11.6 Å². The van der Waals surface area contributed by atoms with Gasteiger partial charge in [-0.25, -0.2) is 4.98 Å². The van der Waals surface area contributed by atoms with Gasteiger partial charge in [-0.1, -0.05) is 12.1 Å². The number of aromatic nitrogens is 3. The van der Waals surface area contributed by atoms with Gasteiger partial charge in [0.1, 0.15) is 5.69 Å². The second-order valence-electron chi connectivity index (χ2n) is 6.47. The molecule has 3 aromatic rings. The number of carbonyl (C=O) groups excluding carboxylic acids is 1. The molecule has 24 heavy (non-hydrogen) atoms. The highest BCUT2D eigenvalue weighted by Gasteiger charge is 2.26. The highest BCUT2D eigenvalue weighted by Crippen LogP contribution is 2.22. The van der Waals surface area contributed by atoms with E-state index in [-0.39, 0.29) is 5.91 Å². The number of fused-ring (bicyclic) bond motifs is 1.